The summed E-state index contributed by atoms with van der Waals surface area (Å²) in [6.07, 6.45) is 0.00191. The number of likely N-dealkylation sites (tertiary alicyclic amines) is 1. The van der Waals surface area contributed by atoms with Gasteiger partial charge in [-0.15, -0.1) is 0 Å². The van der Waals surface area contributed by atoms with Crippen LogP contribution < -0.4 is 10.6 Å². The number of hydrogen-bond donors (Lipinski definition) is 3. The highest BCUT2D eigenvalue weighted by atomic mass is 16.4. The number of carbonyl (C=O) groups excluding carboxylic acids is 3. The number of carboxylic acid groups (broad SMARTS) is 1. The average molecular weight is 385 g/mol. The van der Waals surface area contributed by atoms with E-state index in [0.29, 0.717) is 11.3 Å². The minimum atomic E-state index is -1.36. The Morgan fingerprint density at radius 1 is 1.18 bits per heavy atom. The van der Waals surface area contributed by atoms with Gasteiger partial charge < -0.3 is 10.4 Å². The zero-order valence-electron chi connectivity index (χ0n) is 16.0. The number of benzene rings is 1. The molecule has 3 heterocycles. The lowest BCUT2D eigenvalue weighted by molar-refractivity contribution is -0.148. The number of imide groups is 1. The van der Waals surface area contributed by atoms with Crippen LogP contribution in [0.15, 0.2) is 24.3 Å². The van der Waals surface area contributed by atoms with Crippen LogP contribution in [-0.2, 0) is 24.7 Å². The number of para-hydroxylation sites is 1. The molecule has 3 aliphatic rings. The zero-order chi connectivity index (χ0) is 20.4. The second-order valence-corrected chi connectivity index (χ2v) is 8.68. The first-order valence-electron chi connectivity index (χ1n) is 9.37. The zero-order valence-corrected chi connectivity index (χ0v) is 16.0. The molecule has 1 spiro atoms. The summed E-state index contributed by atoms with van der Waals surface area (Å²) in [5.41, 5.74) is -0.861. The number of rotatable bonds is 3. The van der Waals surface area contributed by atoms with Gasteiger partial charge in [-0.3, -0.25) is 29.4 Å². The van der Waals surface area contributed by atoms with Crippen LogP contribution in [0.25, 0.3) is 0 Å². The fourth-order valence-corrected chi connectivity index (χ4v) is 4.95. The summed E-state index contributed by atoms with van der Waals surface area (Å²) in [6, 6.07) is 6.52. The minimum absolute atomic E-state index is 0.156. The van der Waals surface area contributed by atoms with E-state index in [-0.39, 0.29) is 30.6 Å². The summed E-state index contributed by atoms with van der Waals surface area (Å²) in [5, 5.41) is 15.1. The van der Waals surface area contributed by atoms with Gasteiger partial charge >= 0.3 is 5.97 Å². The van der Waals surface area contributed by atoms with Crippen LogP contribution in [0.4, 0.5) is 5.69 Å². The summed E-state index contributed by atoms with van der Waals surface area (Å²) >= 11 is 0. The highest BCUT2D eigenvalue weighted by Gasteiger charge is 2.71. The molecule has 1 aromatic rings. The fourth-order valence-electron chi connectivity index (χ4n) is 4.95. The van der Waals surface area contributed by atoms with Gasteiger partial charge in [-0.05, 0) is 33.3 Å². The predicted octanol–water partition coefficient (Wildman–Crippen LogP) is 1.07. The molecular formula is C20H23N3O5. The van der Waals surface area contributed by atoms with Crippen LogP contribution in [0.1, 0.15) is 39.2 Å². The molecule has 148 valence electrons. The number of amides is 3. The van der Waals surface area contributed by atoms with Gasteiger partial charge in [-0.1, -0.05) is 18.2 Å². The van der Waals surface area contributed by atoms with Crippen LogP contribution in [-0.4, -0.2) is 45.3 Å². The maximum Gasteiger partial charge on any atom is 0.303 e. The van der Waals surface area contributed by atoms with Gasteiger partial charge in [0.2, 0.25) is 17.7 Å². The first kappa shape index (κ1) is 18.6. The summed E-state index contributed by atoms with van der Waals surface area (Å²) in [4.78, 5) is 52.1. The van der Waals surface area contributed by atoms with E-state index >= 15 is 0 Å². The highest BCUT2D eigenvalue weighted by molar-refractivity contribution is 6.15. The number of carbonyl (C=O) groups is 4. The molecule has 0 aliphatic carbocycles. The average Bonchev–Trinajstić information content (AvgIpc) is 3.17. The van der Waals surface area contributed by atoms with E-state index in [1.54, 1.807) is 45.0 Å². The summed E-state index contributed by atoms with van der Waals surface area (Å²) in [7, 11) is 0. The Balaban J connectivity index is 1.86. The molecule has 0 saturated carbocycles. The van der Waals surface area contributed by atoms with Gasteiger partial charge in [0, 0.05) is 29.3 Å². The number of carboxylic acids is 1. The third kappa shape index (κ3) is 2.33. The molecule has 4 rings (SSSR count). The molecule has 8 heteroatoms. The van der Waals surface area contributed by atoms with E-state index in [1.165, 1.54) is 4.90 Å². The van der Waals surface area contributed by atoms with Crippen molar-refractivity contribution < 1.29 is 24.3 Å². The van der Waals surface area contributed by atoms with E-state index in [1.807, 2.05) is 0 Å². The lowest BCUT2D eigenvalue weighted by atomic mass is 9.76. The largest absolute Gasteiger partial charge is 0.481 e. The molecule has 0 bridgehead atoms. The molecular weight excluding hydrogens is 362 g/mol. The Morgan fingerprint density at radius 3 is 2.50 bits per heavy atom. The second-order valence-electron chi connectivity index (χ2n) is 8.68. The van der Waals surface area contributed by atoms with Crippen molar-refractivity contribution in [2.24, 2.45) is 11.8 Å². The van der Waals surface area contributed by atoms with Crippen LogP contribution in [0, 0.1) is 11.8 Å². The van der Waals surface area contributed by atoms with Gasteiger partial charge in [0.1, 0.15) is 5.54 Å². The quantitative estimate of drug-likeness (QED) is 0.671. The van der Waals surface area contributed by atoms with Crippen molar-refractivity contribution in [2.45, 2.75) is 50.7 Å². The lowest BCUT2D eigenvalue weighted by Crippen LogP contribution is -2.55. The molecule has 2 saturated heterocycles. The molecule has 2 unspecified atom stereocenters. The predicted molar refractivity (Wildman–Crippen MR) is 99.1 cm³/mol. The number of anilines is 1. The molecule has 4 atom stereocenters. The molecule has 2 fully saturated rings. The Hall–Kier alpha value is -2.74. The summed E-state index contributed by atoms with van der Waals surface area (Å²) < 4.78 is 0. The van der Waals surface area contributed by atoms with Crippen molar-refractivity contribution >= 4 is 29.4 Å². The van der Waals surface area contributed by atoms with E-state index in [9.17, 15) is 19.2 Å². The topological polar surface area (TPSA) is 116 Å². The third-order valence-electron chi connectivity index (χ3n) is 5.96. The molecule has 3 N–H and O–H groups in total. The van der Waals surface area contributed by atoms with E-state index in [2.05, 4.69) is 10.6 Å². The normalized spacial score (nSPS) is 31.3. The Morgan fingerprint density at radius 2 is 1.86 bits per heavy atom. The highest BCUT2D eigenvalue weighted by Crippen LogP contribution is 2.54. The third-order valence-corrected chi connectivity index (χ3v) is 5.96. The van der Waals surface area contributed by atoms with Crippen molar-refractivity contribution in [3.05, 3.63) is 29.8 Å². The fraction of sp³-hybridized carbons (Fsp3) is 0.500. The molecule has 0 aromatic heterocycles. The molecule has 28 heavy (non-hydrogen) atoms. The standard InChI is InChI=1S/C20H23N3O5/c1-19(2,3)23-16(26)14-12(8-9-13(24)25)22-20(15(14)17(23)27)10-6-4-5-7-11(10)21-18(20)28/h4-7,12,14-15,22H,8-9H2,1-3H3,(H,21,28)(H,24,25)/t12?,14-,15+,20?/m1/s1. The second kappa shape index (κ2) is 5.88. The molecule has 8 nitrogen and oxygen atoms in total. The van der Waals surface area contributed by atoms with Crippen LogP contribution in [0.3, 0.4) is 0 Å². The minimum Gasteiger partial charge on any atom is -0.481 e. The molecule has 3 aliphatic heterocycles. The van der Waals surface area contributed by atoms with Crippen molar-refractivity contribution in [3.8, 4) is 0 Å². The van der Waals surface area contributed by atoms with Crippen LogP contribution >= 0.6 is 0 Å². The molecule has 1 aromatic carbocycles. The molecule has 3 amide bonds. The number of nitrogens with zero attached hydrogens (tertiary/aromatic N) is 1. The van der Waals surface area contributed by atoms with E-state index in [0.717, 1.165) is 0 Å². The smallest absolute Gasteiger partial charge is 0.303 e. The maximum atomic E-state index is 13.4. The number of aliphatic carboxylic acids is 1. The number of fused-ring (bicyclic) bond motifs is 4. The van der Waals surface area contributed by atoms with Gasteiger partial charge in [0.05, 0.1) is 11.8 Å². The monoisotopic (exact) mass is 385 g/mol. The van der Waals surface area contributed by atoms with Crippen molar-refractivity contribution in [2.75, 3.05) is 5.32 Å². The van der Waals surface area contributed by atoms with Crippen LogP contribution in [0.2, 0.25) is 0 Å². The Bertz CT molecular complexity index is 905. The van der Waals surface area contributed by atoms with Gasteiger partial charge in [0.25, 0.3) is 0 Å². The Kier molecular flexibility index (Phi) is 3.91. The first-order valence-corrected chi connectivity index (χ1v) is 9.37. The Labute approximate surface area is 162 Å². The van der Waals surface area contributed by atoms with Crippen molar-refractivity contribution in [1.82, 2.24) is 10.2 Å². The summed E-state index contributed by atoms with van der Waals surface area (Å²) in [5.74, 6) is -3.78. The van der Waals surface area contributed by atoms with Gasteiger partial charge in [0.15, 0.2) is 0 Å². The van der Waals surface area contributed by atoms with Crippen molar-refractivity contribution in [1.29, 1.82) is 0 Å². The van der Waals surface area contributed by atoms with E-state index < -0.39 is 34.9 Å². The first-order chi connectivity index (χ1) is 13.1. The number of hydrogen-bond acceptors (Lipinski definition) is 5. The SMILES string of the molecule is CC(C)(C)N1C(=O)[C@@H]2C(CCC(=O)O)NC3(C(=O)Nc4ccccc43)[C@@H]2C1=O. The van der Waals surface area contributed by atoms with Gasteiger partial charge in [-0.25, -0.2) is 0 Å². The lowest BCUT2D eigenvalue weighted by Gasteiger charge is -2.34. The maximum absolute atomic E-state index is 13.4. The number of nitrogens with one attached hydrogen (secondary N) is 2. The van der Waals surface area contributed by atoms with Gasteiger partial charge in [-0.2, -0.15) is 0 Å². The summed E-state index contributed by atoms with van der Waals surface area (Å²) in [6.45, 7) is 5.33. The van der Waals surface area contributed by atoms with E-state index in [4.69, 9.17) is 5.11 Å². The van der Waals surface area contributed by atoms with Crippen molar-refractivity contribution in [3.63, 3.8) is 0 Å². The van der Waals surface area contributed by atoms with Crippen LogP contribution in [0.5, 0.6) is 0 Å². The molecule has 0 radical (unpaired) electrons.